The van der Waals surface area contributed by atoms with Crippen LogP contribution in [0.25, 0.3) is 0 Å². The fraction of sp³-hybridized carbons (Fsp3) is 0.833. The molecule has 0 unspecified atom stereocenters. The third kappa shape index (κ3) is 5.16. The van der Waals surface area contributed by atoms with Crippen molar-refractivity contribution in [3.63, 3.8) is 0 Å². The molecule has 0 aromatic rings. The Balaban J connectivity index is 5.36. The fourth-order valence-electron chi connectivity index (χ4n) is 1.95. The minimum Gasteiger partial charge on any atom is -0.349 e. The summed E-state index contributed by atoms with van der Waals surface area (Å²) in [6, 6.07) is 0. The van der Waals surface area contributed by atoms with Gasteiger partial charge in [0.15, 0.2) is 22.3 Å². The Morgan fingerprint density at radius 1 is 0.941 bits per heavy atom. The molecule has 0 radical (unpaired) electrons. The van der Waals surface area contributed by atoms with E-state index in [1.807, 2.05) is 13.8 Å². The van der Waals surface area contributed by atoms with Crippen molar-refractivity contribution in [2.75, 3.05) is 0 Å². The summed E-state index contributed by atoms with van der Waals surface area (Å²) in [4.78, 5) is 11.8. The largest absolute Gasteiger partial charge is 0.349 e. The number of carbonyl (C=O) groups is 1. The fourth-order valence-corrected chi connectivity index (χ4v) is 10.8. The smallest absolute Gasteiger partial charge is 0.178 e. The van der Waals surface area contributed by atoms with Crippen LogP contribution in [0.1, 0.15) is 26.7 Å². The molecular formula is C12H28N2OSi2. The molecule has 0 fully saturated rings. The van der Waals surface area contributed by atoms with Crippen molar-refractivity contribution in [1.29, 1.82) is 0 Å². The van der Waals surface area contributed by atoms with E-state index in [0.29, 0.717) is 6.42 Å². The second kappa shape index (κ2) is 5.95. The van der Waals surface area contributed by atoms with Crippen LogP contribution in [0.3, 0.4) is 0 Å². The summed E-state index contributed by atoms with van der Waals surface area (Å²) in [6.07, 6.45) is 1.29. The van der Waals surface area contributed by atoms with Gasteiger partial charge in [-0.15, -0.1) is 0 Å². The SMILES string of the molecule is CCC(=O)C(CC)=NN([Si](C)(C)C)[Si](C)(C)C. The van der Waals surface area contributed by atoms with Gasteiger partial charge in [-0.2, -0.15) is 5.10 Å². The first-order valence-corrected chi connectivity index (χ1v) is 13.3. The van der Waals surface area contributed by atoms with Gasteiger partial charge < -0.3 is 4.34 Å². The zero-order chi connectivity index (χ0) is 13.9. The maximum atomic E-state index is 11.8. The van der Waals surface area contributed by atoms with Crippen LogP contribution in [0.4, 0.5) is 0 Å². The van der Waals surface area contributed by atoms with Crippen molar-refractivity contribution in [3.05, 3.63) is 0 Å². The maximum absolute atomic E-state index is 11.8. The number of carbonyl (C=O) groups excluding carboxylic acids is 1. The number of hydrogen-bond acceptors (Lipinski definition) is 3. The topological polar surface area (TPSA) is 32.7 Å². The van der Waals surface area contributed by atoms with Gasteiger partial charge in [0.05, 0.1) is 0 Å². The summed E-state index contributed by atoms with van der Waals surface area (Å²) in [5.41, 5.74) is 0.748. The molecule has 0 saturated carbocycles. The molecule has 0 N–H and O–H groups in total. The van der Waals surface area contributed by atoms with Crippen molar-refractivity contribution in [3.8, 4) is 0 Å². The number of hydrogen-bond donors (Lipinski definition) is 0. The molecule has 3 nitrogen and oxygen atoms in total. The maximum Gasteiger partial charge on any atom is 0.178 e. The molecule has 0 bridgehead atoms. The highest BCUT2D eigenvalue weighted by Gasteiger charge is 2.34. The number of hydrazone groups is 1. The normalized spacial score (nSPS) is 13.8. The van der Waals surface area contributed by atoms with E-state index >= 15 is 0 Å². The molecule has 0 heterocycles. The zero-order valence-corrected chi connectivity index (χ0v) is 14.7. The molecule has 100 valence electrons. The van der Waals surface area contributed by atoms with E-state index < -0.39 is 16.5 Å². The van der Waals surface area contributed by atoms with Gasteiger partial charge in [-0.3, -0.25) is 4.79 Å². The molecule has 0 aliphatic rings. The first-order chi connectivity index (χ1) is 7.54. The predicted octanol–water partition coefficient (Wildman–Crippen LogP) is 3.70. The van der Waals surface area contributed by atoms with Crippen molar-refractivity contribution >= 4 is 28.0 Å². The van der Waals surface area contributed by atoms with Crippen molar-refractivity contribution < 1.29 is 4.79 Å². The minimum atomic E-state index is -1.50. The highest BCUT2D eigenvalue weighted by molar-refractivity contribution is 6.89. The van der Waals surface area contributed by atoms with E-state index in [1.54, 1.807) is 0 Å². The number of Topliss-reactive ketones (excluding diaryl/α,β-unsaturated/α-hetero) is 1. The van der Waals surface area contributed by atoms with E-state index in [9.17, 15) is 4.79 Å². The second-order valence-corrected chi connectivity index (χ2v) is 16.3. The van der Waals surface area contributed by atoms with Crippen LogP contribution in [-0.2, 0) is 4.79 Å². The predicted molar refractivity (Wildman–Crippen MR) is 81.6 cm³/mol. The molecule has 0 rings (SSSR count). The van der Waals surface area contributed by atoms with Gasteiger partial charge in [0, 0.05) is 6.42 Å². The Kier molecular flexibility index (Phi) is 5.80. The lowest BCUT2D eigenvalue weighted by molar-refractivity contribution is -0.112. The van der Waals surface area contributed by atoms with Crippen LogP contribution in [0.5, 0.6) is 0 Å². The van der Waals surface area contributed by atoms with Gasteiger partial charge in [0.25, 0.3) is 0 Å². The van der Waals surface area contributed by atoms with Crippen molar-refractivity contribution in [2.24, 2.45) is 5.10 Å². The zero-order valence-electron chi connectivity index (χ0n) is 12.7. The average Bonchev–Trinajstić information content (AvgIpc) is 2.14. The molecule has 5 heteroatoms. The van der Waals surface area contributed by atoms with Crippen LogP contribution in [-0.4, -0.2) is 32.3 Å². The lowest BCUT2D eigenvalue weighted by Crippen LogP contribution is -2.56. The lowest BCUT2D eigenvalue weighted by atomic mass is 10.1. The summed E-state index contributed by atoms with van der Waals surface area (Å²) in [7, 11) is -3.01. The molecule has 17 heavy (non-hydrogen) atoms. The molecule has 0 atom stereocenters. The van der Waals surface area contributed by atoms with Crippen LogP contribution in [0, 0.1) is 0 Å². The monoisotopic (exact) mass is 272 g/mol. The molecule has 0 aliphatic heterocycles. The minimum absolute atomic E-state index is 0.189. The van der Waals surface area contributed by atoms with Crippen molar-refractivity contribution in [1.82, 2.24) is 4.34 Å². The van der Waals surface area contributed by atoms with Crippen molar-refractivity contribution in [2.45, 2.75) is 66.0 Å². The second-order valence-electron chi connectivity index (χ2n) is 6.33. The molecule has 0 aliphatic carbocycles. The van der Waals surface area contributed by atoms with E-state index in [4.69, 9.17) is 5.10 Å². The summed E-state index contributed by atoms with van der Waals surface area (Å²) >= 11 is 0. The van der Waals surface area contributed by atoms with E-state index in [2.05, 4.69) is 43.6 Å². The van der Waals surface area contributed by atoms with Crippen LogP contribution < -0.4 is 0 Å². The Hall–Kier alpha value is -0.426. The standard InChI is InChI=1S/C12H28N2OSi2/c1-9-11(12(15)10-2)13-14(16(3,4)5)17(6,7)8/h9-10H2,1-8H3. The molecule has 0 spiro atoms. The number of nitrogens with zero attached hydrogens (tertiary/aromatic N) is 2. The first-order valence-electron chi connectivity index (χ1n) is 6.45. The number of rotatable bonds is 6. The Morgan fingerprint density at radius 3 is 1.59 bits per heavy atom. The highest BCUT2D eigenvalue weighted by Crippen LogP contribution is 2.20. The molecular weight excluding hydrogens is 244 g/mol. The van der Waals surface area contributed by atoms with E-state index in [1.165, 1.54) is 0 Å². The van der Waals surface area contributed by atoms with Crippen LogP contribution in [0.15, 0.2) is 5.10 Å². The molecule has 0 amide bonds. The highest BCUT2D eigenvalue weighted by atomic mass is 28.4. The Morgan fingerprint density at radius 2 is 1.35 bits per heavy atom. The molecule has 0 saturated heterocycles. The molecule has 0 aromatic carbocycles. The van der Waals surface area contributed by atoms with Crippen LogP contribution in [0.2, 0.25) is 39.3 Å². The van der Waals surface area contributed by atoms with Gasteiger partial charge in [-0.25, -0.2) is 0 Å². The third-order valence-corrected chi connectivity index (χ3v) is 9.24. The summed E-state index contributed by atoms with van der Waals surface area (Å²) in [6.45, 7) is 17.7. The van der Waals surface area contributed by atoms with Gasteiger partial charge in [0.2, 0.25) is 0 Å². The average molecular weight is 273 g/mol. The molecule has 0 aromatic heterocycles. The summed E-state index contributed by atoms with van der Waals surface area (Å²) < 4.78 is 2.31. The first kappa shape index (κ1) is 16.6. The number of ketones is 1. The van der Waals surface area contributed by atoms with Crippen LogP contribution >= 0.6 is 0 Å². The lowest BCUT2D eigenvalue weighted by Gasteiger charge is -2.41. The summed E-state index contributed by atoms with van der Waals surface area (Å²) in [5, 5.41) is 4.73. The van der Waals surface area contributed by atoms with Gasteiger partial charge in [-0.05, 0) is 6.42 Å². The van der Waals surface area contributed by atoms with Gasteiger partial charge in [-0.1, -0.05) is 53.1 Å². The van der Waals surface area contributed by atoms with Gasteiger partial charge in [0.1, 0.15) is 5.71 Å². The van der Waals surface area contributed by atoms with E-state index in [0.717, 1.165) is 12.1 Å². The summed E-state index contributed by atoms with van der Waals surface area (Å²) in [5.74, 6) is 0.189. The Labute approximate surface area is 108 Å². The quantitative estimate of drug-likeness (QED) is 0.419. The Bertz CT molecular complexity index is 287. The third-order valence-electron chi connectivity index (χ3n) is 2.47. The van der Waals surface area contributed by atoms with E-state index in [-0.39, 0.29) is 5.78 Å². The van der Waals surface area contributed by atoms with Gasteiger partial charge >= 0.3 is 0 Å².